The summed E-state index contributed by atoms with van der Waals surface area (Å²) in [6.07, 6.45) is 3.77. The van der Waals surface area contributed by atoms with E-state index in [2.05, 4.69) is 35.6 Å². The predicted octanol–water partition coefficient (Wildman–Crippen LogP) is 6.26. The van der Waals surface area contributed by atoms with E-state index in [1.54, 1.807) is 6.07 Å². The van der Waals surface area contributed by atoms with Gasteiger partial charge in [-0.1, -0.05) is 60.7 Å². The van der Waals surface area contributed by atoms with Gasteiger partial charge in [0, 0.05) is 5.56 Å². The first-order valence-corrected chi connectivity index (χ1v) is 11.6. The molecule has 0 aromatic heterocycles. The van der Waals surface area contributed by atoms with Gasteiger partial charge in [-0.25, -0.2) is 4.79 Å². The molecule has 3 aliphatic rings. The topological polar surface area (TPSA) is 58.6 Å². The number of carboxylic acids is 1. The number of ether oxygens (including phenoxy) is 1. The summed E-state index contributed by atoms with van der Waals surface area (Å²) >= 11 is 0. The molecule has 0 spiro atoms. The van der Waals surface area contributed by atoms with E-state index in [4.69, 9.17) is 4.74 Å². The molecule has 4 nitrogen and oxygen atoms in total. The summed E-state index contributed by atoms with van der Waals surface area (Å²) in [5, 5.41) is 13.6. The third kappa shape index (κ3) is 3.09. The maximum absolute atomic E-state index is 12.0. The molecular formula is C28H27NO3. The lowest BCUT2D eigenvalue weighted by molar-refractivity contribution is 0.0697. The minimum Gasteiger partial charge on any atom is -0.489 e. The number of para-hydroxylation sites is 2. The van der Waals surface area contributed by atoms with Crippen LogP contribution in [0, 0.1) is 17.8 Å². The molecule has 0 amide bonds. The van der Waals surface area contributed by atoms with E-state index in [0.29, 0.717) is 35.8 Å². The van der Waals surface area contributed by atoms with Crippen LogP contribution in [-0.2, 0) is 6.61 Å². The zero-order valence-electron chi connectivity index (χ0n) is 17.9. The first-order valence-electron chi connectivity index (χ1n) is 11.6. The van der Waals surface area contributed by atoms with Gasteiger partial charge in [0.2, 0.25) is 0 Å². The van der Waals surface area contributed by atoms with Crippen LogP contribution in [0.5, 0.6) is 5.75 Å². The highest BCUT2D eigenvalue weighted by molar-refractivity contribution is 5.95. The van der Waals surface area contributed by atoms with Crippen LogP contribution in [0.1, 0.15) is 58.3 Å². The van der Waals surface area contributed by atoms with Crippen molar-refractivity contribution in [1.82, 2.24) is 0 Å². The van der Waals surface area contributed by atoms with E-state index in [1.807, 2.05) is 36.4 Å². The van der Waals surface area contributed by atoms with Gasteiger partial charge in [0.25, 0.3) is 0 Å². The maximum atomic E-state index is 12.0. The Hall–Kier alpha value is -3.27. The number of rotatable bonds is 5. The minimum absolute atomic E-state index is 0.0512. The molecular weight excluding hydrogens is 398 g/mol. The number of hydrogen-bond acceptors (Lipinski definition) is 3. The fourth-order valence-corrected chi connectivity index (χ4v) is 6.61. The molecule has 5 atom stereocenters. The third-order valence-corrected chi connectivity index (χ3v) is 7.84. The fraction of sp³-hybridized carbons (Fsp3) is 0.321. The van der Waals surface area contributed by atoms with Crippen molar-refractivity contribution < 1.29 is 14.6 Å². The smallest absolute Gasteiger partial charge is 0.337 e. The highest BCUT2D eigenvalue weighted by atomic mass is 16.5. The Labute approximate surface area is 188 Å². The number of carboxylic acid groups (broad SMARTS) is 1. The SMILES string of the molecule is O=C(O)c1cccc2c1NC(c1ccccc1OCc1ccccc1)C1C3CCC(C3)C21. The summed E-state index contributed by atoms with van der Waals surface area (Å²) in [6.45, 7) is 0.516. The van der Waals surface area contributed by atoms with Gasteiger partial charge in [-0.05, 0) is 66.2 Å². The number of carbonyl (C=O) groups is 1. The largest absolute Gasteiger partial charge is 0.489 e. The fourth-order valence-electron chi connectivity index (χ4n) is 6.61. The number of fused-ring (bicyclic) bond motifs is 7. The molecule has 3 aromatic carbocycles. The molecule has 0 saturated heterocycles. The van der Waals surface area contributed by atoms with Gasteiger partial charge in [-0.2, -0.15) is 0 Å². The van der Waals surface area contributed by atoms with Crippen molar-refractivity contribution in [2.24, 2.45) is 17.8 Å². The van der Waals surface area contributed by atoms with E-state index < -0.39 is 5.97 Å². The second-order valence-corrected chi connectivity index (χ2v) is 9.45. The first-order chi connectivity index (χ1) is 15.7. The number of aromatic carboxylic acids is 1. The molecule has 32 heavy (non-hydrogen) atoms. The molecule has 3 aromatic rings. The van der Waals surface area contributed by atoms with Gasteiger partial charge in [0.05, 0.1) is 17.3 Å². The van der Waals surface area contributed by atoms with E-state index in [0.717, 1.165) is 22.6 Å². The lowest BCUT2D eigenvalue weighted by Gasteiger charge is -2.44. The Bertz CT molecular complexity index is 1160. The zero-order chi connectivity index (χ0) is 21.7. The van der Waals surface area contributed by atoms with Gasteiger partial charge in [0.1, 0.15) is 12.4 Å². The lowest BCUT2D eigenvalue weighted by Crippen LogP contribution is -2.36. The highest BCUT2D eigenvalue weighted by Crippen LogP contribution is 2.64. The summed E-state index contributed by atoms with van der Waals surface area (Å²) in [5.41, 5.74) is 4.64. The molecule has 162 valence electrons. The Morgan fingerprint density at radius 1 is 0.906 bits per heavy atom. The van der Waals surface area contributed by atoms with Crippen LogP contribution in [0.25, 0.3) is 0 Å². The number of nitrogens with one attached hydrogen (secondary N) is 1. The molecule has 1 heterocycles. The maximum Gasteiger partial charge on any atom is 0.337 e. The van der Waals surface area contributed by atoms with Crippen molar-refractivity contribution in [2.75, 3.05) is 5.32 Å². The van der Waals surface area contributed by atoms with Crippen LogP contribution in [0.3, 0.4) is 0 Å². The molecule has 4 heteroatoms. The summed E-state index contributed by atoms with van der Waals surface area (Å²) in [6, 6.07) is 24.3. The molecule has 2 bridgehead atoms. The average molecular weight is 426 g/mol. The van der Waals surface area contributed by atoms with Crippen LogP contribution >= 0.6 is 0 Å². The number of benzene rings is 3. The van der Waals surface area contributed by atoms with Gasteiger partial charge < -0.3 is 15.2 Å². The zero-order valence-corrected chi connectivity index (χ0v) is 17.9. The Balaban J connectivity index is 1.41. The predicted molar refractivity (Wildman–Crippen MR) is 124 cm³/mol. The van der Waals surface area contributed by atoms with Crippen molar-refractivity contribution in [2.45, 2.75) is 37.8 Å². The Morgan fingerprint density at radius 2 is 1.66 bits per heavy atom. The van der Waals surface area contributed by atoms with Crippen LogP contribution in [0.15, 0.2) is 72.8 Å². The molecule has 2 fully saturated rings. The lowest BCUT2D eigenvalue weighted by atomic mass is 9.67. The average Bonchev–Trinajstić information content (AvgIpc) is 3.45. The van der Waals surface area contributed by atoms with Crippen molar-refractivity contribution in [1.29, 1.82) is 0 Å². The van der Waals surface area contributed by atoms with E-state index in [-0.39, 0.29) is 6.04 Å². The molecule has 2 saturated carbocycles. The quantitative estimate of drug-likeness (QED) is 0.506. The number of hydrogen-bond donors (Lipinski definition) is 2. The summed E-state index contributed by atoms with van der Waals surface area (Å²) < 4.78 is 6.31. The molecule has 0 radical (unpaired) electrons. The first kappa shape index (κ1) is 19.4. The van der Waals surface area contributed by atoms with Crippen molar-refractivity contribution >= 4 is 11.7 Å². The molecule has 5 unspecified atom stereocenters. The molecule has 6 rings (SSSR count). The Morgan fingerprint density at radius 3 is 2.50 bits per heavy atom. The highest BCUT2D eigenvalue weighted by Gasteiger charge is 2.54. The summed E-state index contributed by atoms with van der Waals surface area (Å²) in [4.78, 5) is 12.0. The van der Waals surface area contributed by atoms with Crippen LogP contribution in [-0.4, -0.2) is 11.1 Å². The van der Waals surface area contributed by atoms with Crippen molar-refractivity contribution in [3.05, 3.63) is 95.1 Å². The van der Waals surface area contributed by atoms with E-state index >= 15 is 0 Å². The van der Waals surface area contributed by atoms with E-state index in [1.165, 1.54) is 24.8 Å². The monoisotopic (exact) mass is 425 g/mol. The van der Waals surface area contributed by atoms with Crippen molar-refractivity contribution in [3.63, 3.8) is 0 Å². The van der Waals surface area contributed by atoms with Crippen LogP contribution in [0.4, 0.5) is 5.69 Å². The number of anilines is 1. The Kier molecular flexibility index (Phi) is 4.67. The standard InChI is InChI=1S/C28H27NO3/c30-28(31)22-11-6-10-21-24-18-13-14-19(15-18)25(24)27(29-26(21)22)20-9-4-5-12-23(20)32-16-17-7-2-1-3-8-17/h1-12,18-19,24-25,27,29H,13-16H2,(H,30,31). The van der Waals surface area contributed by atoms with Crippen LogP contribution < -0.4 is 10.1 Å². The van der Waals surface area contributed by atoms with Gasteiger partial charge >= 0.3 is 5.97 Å². The molecule has 2 aliphatic carbocycles. The van der Waals surface area contributed by atoms with Crippen molar-refractivity contribution in [3.8, 4) is 5.75 Å². The van der Waals surface area contributed by atoms with Gasteiger partial charge in [0.15, 0.2) is 0 Å². The normalized spacial score (nSPS) is 27.3. The van der Waals surface area contributed by atoms with E-state index in [9.17, 15) is 9.90 Å². The van der Waals surface area contributed by atoms with Gasteiger partial charge in [-0.3, -0.25) is 0 Å². The van der Waals surface area contributed by atoms with Gasteiger partial charge in [-0.15, -0.1) is 0 Å². The summed E-state index contributed by atoms with van der Waals surface area (Å²) in [7, 11) is 0. The second kappa shape index (κ2) is 7.70. The second-order valence-electron chi connectivity index (χ2n) is 9.45. The van der Waals surface area contributed by atoms with Crippen LogP contribution in [0.2, 0.25) is 0 Å². The third-order valence-electron chi connectivity index (χ3n) is 7.84. The minimum atomic E-state index is -0.872. The molecule has 2 N–H and O–H groups in total. The summed E-state index contributed by atoms with van der Waals surface area (Å²) in [5.74, 6) is 2.21. The molecule has 1 aliphatic heterocycles.